The Hall–Kier alpha value is -4.54. The summed E-state index contributed by atoms with van der Waals surface area (Å²) in [5.74, 6) is 1.35. The number of hydrogen-bond donors (Lipinski definition) is 2. The molecule has 0 saturated carbocycles. The quantitative estimate of drug-likeness (QED) is 0.175. The number of thiophene rings is 2. The van der Waals surface area contributed by atoms with Gasteiger partial charge in [0.2, 0.25) is 0 Å². The molecule has 0 radical (unpaired) electrons. The fraction of sp³-hybridized carbons (Fsp3) is 0.0714. The molecule has 8 nitrogen and oxygen atoms in total. The summed E-state index contributed by atoms with van der Waals surface area (Å²) < 4.78 is 0. The van der Waals surface area contributed by atoms with Gasteiger partial charge in [0.25, 0.3) is 0 Å². The second-order valence-electron chi connectivity index (χ2n) is 8.13. The number of benzene rings is 2. The van der Waals surface area contributed by atoms with Crippen molar-refractivity contribution in [2.75, 3.05) is 10.9 Å². The third-order valence-electron chi connectivity index (χ3n) is 5.56. The standard InChI is InChI=1S/2C14H12N4S/c2*1-10(13-7-4-8-19-13)16-18-14-12-6-3-2-5-11(12)9-15-17-14/h2*2-9H,1H3,(H,17,18)/b2*16-10-. The van der Waals surface area contributed by atoms with E-state index in [1.54, 1.807) is 35.1 Å². The second kappa shape index (κ2) is 12.1. The van der Waals surface area contributed by atoms with Crippen LogP contribution in [0.2, 0.25) is 0 Å². The largest absolute Gasteiger partial charge is 0.259 e. The van der Waals surface area contributed by atoms with Crippen LogP contribution in [0.15, 0.2) is 106 Å². The smallest absolute Gasteiger partial charge is 0.176 e. The Morgan fingerprint density at radius 3 is 1.47 bits per heavy atom. The fourth-order valence-corrected chi connectivity index (χ4v) is 4.93. The van der Waals surface area contributed by atoms with Crippen LogP contribution in [-0.4, -0.2) is 31.8 Å². The van der Waals surface area contributed by atoms with Crippen molar-refractivity contribution in [1.82, 2.24) is 20.4 Å². The van der Waals surface area contributed by atoms with Crippen LogP contribution in [0, 0.1) is 0 Å². The van der Waals surface area contributed by atoms with E-state index in [0.29, 0.717) is 11.6 Å². The van der Waals surface area contributed by atoms with E-state index >= 15 is 0 Å². The summed E-state index contributed by atoms with van der Waals surface area (Å²) >= 11 is 3.33. The Balaban J connectivity index is 0.000000155. The lowest BCUT2D eigenvalue weighted by molar-refractivity contribution is 1.04. The highest BCUT2D eigenvalue weighted by Crippen LogP contribution is 2.21. The highest BCUT2D eigenvalue weighted by molar-refractivity contribution is 7.12. The normalized spacial score (nSPS) is 11.7. The van der Waals surface area contributed by atoms with Crippen LogP contribution in [-0.2, 0) is 0 Å². The summed E-state index contributed by atoms with van der Waals surface area (Å²) in [4.78, 5) is 2.28. The van der Waals surface area contributed by atoms with Gasteiger partial charge in [0.05, 0.1) is 23.8 Å². The highest BCUT2D eigenvalue weighted by atomic mass is 32.1. The van der Waals surface area contributed by atoms with Gasteiger partial charge in [-0.25, -0.2) is 0 Å². The molecule has 0 amide bonds. The molecule has 4 heterocycles. The number of fused-ring (bicyclic) bond motifs is 2. The molecule has 10 heteroatoms. The van der Waals surface area contributed by atoms with Crippen molar-refractivity contribution in [1.29, 1.82) is 0 Å². The molecule has 0 aliphatic rings. The first-order valence-corrected chi connectivity index (χ1v) is 13.5. The molecule has 6 aromatic rings. The number of anilines is 2. The van der Waals surface area contributed by atoms with Crippen molar-refractivity contribution in [3.63, 3.8) is 0 Å². The summed E-state index contributed by atoms with van der Waals surface area (Å²) in [5, 5.41) is 33.0. The highest BCUT2D eigenvalue weighted by Gasteiger charge is 2.04. The first kappa shape index (κ1) is 25.1. The minimum Gasteiger partial charge on any atom is -0.259 e. The number of nitrogens with one attached hydrogen (secondary N) is 2. The van der Waals surface area contributed by atoms with Gasteiger partial charge in [-0.05, 0) is 36.7 Å². The molecular formula is C28H24N8S2. The molecule has 0 atom stereocenters. The molecule has 0 spiro atoms. The Labute approximate surface area is 227 Å². The van der Waals surface area contributed by atoms with E-state index in [-0.39, 0.29) is 0 Å². The molecule has 188 valence electrons. The van der Waals surface area contributed by atoms with Crippen LogP contribution in [0.3, 0.4) is 0 Å². The predicted octanol–water partition coefficient (Wildman–Crippen LogP) is 7.05. The van der Waals surface area contributed by atoms with Gasteiger partial charge < -0.3 is 0 Å². The molecule has 38 heavy (non-hydrogen) atoms. The van der Waals surface area contributed by atoms with E-state index in [0.717, 1.165) is 42.7 Å². The second-order valence-corrected chi connectivity index (χ2v) is 10.0. The van der Waals surface area contributed by atoms with E-state index < -0.39 is 0 Å². The maximum Gasteiger partial charge on any atom is 0.176 e. The summed E-state index contributed by atoms with van der Waals surface area (Å²) in [7, 11) is 0. The molecule has 6 rings (SSSR count). The molecule has 2 N–H and O–H groups in total. The van der Waals surface area contributed by atoms with E-state index in [1.165, 1.54) is 0 Å². The molecule has 0 bridgehead atoms. The number of hydrazone groups is 2. The van der Waals surface area contributed by atoms with Crippen molar-refractivity contribution in [2.24, 2.45) is 10.2 Å². The molecule has 4 aromatic heterocycles. The Bertz CT molecular complexity index is 1560. The van der Waals surface area contributed by atoms with Gasteiger partial charge in [-0.3, -0.25) is 10.9 Å². The van der Waals surface area contributed by atoms with Crippen LogP contribution < -0.4 is 10.9 Å². The van der Waals surface area contributed by atoms with Crippen molar-refractivity contribution in [3.8, 4) is 0 Å². The van der Waals surface area contributed by atoms with Gasteiger partial charge in [-0.1, -0.05) is 60.7 Å². The van der Waals surface area contributed by atoms with Crippen molar-refractivity contribution in [2.45, 2.75) is 13.8 Å². The van der Waals surface area contributed by atoms with E-state index in [4.69, 9.17) is 0 Å². The topological polar surface area (TPSA) is 100 Å². The Morgan fingerprint density at radius 2 is 1.05 bits per heavy atom. The summed E-state index contributed by atoms with van der Waals surface area (Å²) in [5.41, 5.74) is 7.86. The minimum absolute atomic E-state index is 0.675. The van der Waals surface area contributed by atoms with Gasteiger partial charge in [0.15, 0.2) is 11.6 Å². The lowest BCUT2D eigenvalue weighted by Crippen LogP contribution is -2.00. The molecular weight excluding hydrogens is 512 g/mol. The SMILES string of the molecule is C/C(=N/Nc1nncc2ccccc12)c1cccs1.C/C(=N/Nc1nncc2ccccc12)c1cccs1. The Morgan fingerprint density at radius 1 is 0.605 bits per heavy atom. The zero-order valence-electron chi connectivity index (χ0n) is 20.7. The number of hydrogen-bond acceptors (Lipinski definition) is 10. The molecule has 2 aromatic carbocycles. The van der Waals surface area contributed by atoms with Gasteiger partial charge in [0.1, 0.15) is 0 Å². The van der Waals surface area contributed by atoms with Crippen molar-refractivity contribution >= 4 is 67.3 Å². The third kappa shape index (κ3) is 6.05. The number of nitrogens with zero attached hydrogens (tertiary/aromatic N) is 6. The first-order chi connectivity index (χ1) is 18.7. The van der Waals surface area contributed by atoms with Crippen molar-refractivity contribution < 1.29 is 0 Å². The summed E-state index contributed by atoms with van der Waals surface area (Å²) in [6, 6.07) is 24.0. The van der Waals surface area contributed by atoms with E-state index in [9.17, 15) is 0 Å². The average Bonchev–Trinajstić information content (AvgIpc) is 3.70. The van der Waals surface area contributed by atoms with Crippen LogP contribution in [0.5, 0.6) is 0 Å². The number of rotatable bonds is 6. The lowest BCUT2D eigenvalue weighted by Gasteiger charge is -2.04. The van der Waals surface area contributed by atoms with Crippen LogP contribution in [0.4, 0.5) is 11.6 Å². The molecule has 0 unspecified atom stereocenters. The maximum absolute atomic E-state index is 4.36. The van der Waals surface area contributed by atoms with Gasteiger partial charge >= 0.3 is 0 Å². The monoisotopic (exact) mass is 536 g/mol. The van der Waals surface area contributed by atoms with Crippen LogP contribution >= 0.6 is 22.7 Å². The zero-order valence-corrected chi connectivity index (χ0v) is 22.4. The third-order valence-corrected chi connectivity index (χ3v) is 7.51. The maximum atomic E-state index is 4.36. The lowest BCUT2D eigenvalue weighted by atomic mass is 10.2. The van der Waals surface area contributed by atoms with Crippen molar-refractivity contribution in [3.05, 3.63) is 106 Å². The molecule has 0 fully saturated rings. The zero-order chi connectivity index (χ0) is 26.2. The number of aromatic nitrogens is 4. The Kier molecular flexibility index (Phi) is 8.02. The minimum atomic E-state index is 0.675. The summed E-state index contributed by atoms with van der Waals surface area (Å²) in [6.45, 7) is 3.94. The van der Waals surface area contributed by atoms with Gasteiger partial charge in [-0.15, -0.1) is 32.9 Å². The average molecular weight is 537 g/mol. The van der Waals surface area contributed by atoms with Gasteiger partial charge in [-0.2, -0.15) is 20.4 Å². The summed E-state index contributed by atoms with van der Waals surface area (Å²) in [6.07, 6.45) is 3.49. The molecule has 0 saturated heterocycles. The first-order valence-electron chi connectivity index (χ1n) is 11.8. The van der Waals surface area contributed by atoms with Crippen LogP contribution in [0.1, 0.15) is 23.6 Å². The molecule has 0 aliphatic heterocycles. The predicted molar refractivity (Wildman–Crippen MR) is 159 cm³/mol. The van der Waals surface area contributed by atoms with Crippen LogP contribution in [0.25, 0.3) is 21.5 Å². The molecule has 0 aliphatic carbocycles. The van der Waals surface area contributed by atoms with E-state index in [1.807, 2.05) is 97.4 Å². The fourth-order valence-electron chi connectivity index (χ4n) is 3.57. The van der Waals surface area contributed by atoms with Gasteiger partial charge in [0, 0.05) is 31.3 Å². The van der Waals surface area contributed by atoms with E-state index in [2.05, 4.69) is 41.4 Å².